The van der Waals surface area contributed by atoms with Gasteiger partial charge in [0.05, 0.1) is 11.3 Å². The normalized spacial score (nSPS) is 10.3. The van der Waals surface area contributed by atoms with Gasteiger partial charge in [0.1, 0.15) is 11.5 Å². The van der Waals surface area contributed by atoms with Crippen LogP contribution in [0, 0.1) is 5.82 Å². The molecule has 0 fully saturated rings. The summed E-state index contributed by atoms with van der Waals surface area (Å²) in [6, 6.07) is 9.33. The van der Waals surface area contributed by atoms with Gasteiger partial charge in [0.25, 0.3) is 5.91 Å². The highest BCUT2D eigenvalue weighted by molar-refractivity contribution is 9.11. The summed E-state index contributed by atoms with van der Waals surface area (Å²) in [4.78, 5) is 12.1. The third-order valence-corrected chi connectivity index (χ3v) is 3.61. The number of halogens is 3. The van der Waals surface area contributed by atoms with Crippen LogP contribution >= 0.6 is 31.9 Å². The number of carbonyl (C=O) groups is 1. The fourth-order valence-electron chi connectivity index (χ4n) is 1.53. The number of benzene rings is 2. The molecule has 0 heterocycles. The van der Waals surface area contributed by atoms with E-state index in [-0.39, 0.29) is 11.4 Å². The minimum Gasteiger partial charge on any atom is -0.397 e. The molecule has 2 rings (SSSR count). The lowest BCUT2D eigenvalue weighted by atomic mass is 10.2. The molecule has 0 aromatic heterocycles. The summed E-state index contributed by atoms with van der Waals surface area (Å²) in [7, 11) is 0. The Labute approximate surface area is 126 Å². The maximum atomic E-state index is 13.6. The van der Waals surface area contributed by atoms with Crippen LogP contribution in [0.4, 0.5) is 15.8 Å². The van der Waals surface area contributed by atoms with E-state index >= 15 is 0 Å². The molecule has 0 atom stereocenters. The van der Waals surface area contributed by atoms with Crippen LogP contribution in [0.15, 0.2) is 45.3 Å². The number of carbonyl (C=O) groups excluding carboxylic acids is 1. The van der Waals surface area contributed by atoms with E-state index in [1.165, 1.54) is 18.2 Å². The SMILES string of the molecule is Nc1cccc(F)c1NC(=O)c1ccc(Br)cc1Br. The van der Waals surface area contributed by atoms with E-state index in [4.69, 9.17) is 5.73 Å². The Balaban J connectivity index is 2.31. The maximum absolute atomic E-state index is 13.6. The highest BCUT2D eigenvalue weighted by Crippen LogP contribution is 2.26. The van der Waals surface area contributed by atoms with Crippen molar-refractivity contribution in [3.05, 3.63) is 56.7 Å². The molecule has 2 aromatic rings. The number of anilines is 2. The molecule has 19 heavy (non-hydrogen) atoms. The van der Waals surface area contributed by atoms with Crippen LogP contribution in [-0.2, 0) is 0 Å². The van der Waals surface area contributed by atoms with Crippen LogP contribution in [-0.4, -0.2) is 5.91 Å². The third-order valence-electron chi connectivity index (χ3n) is 2.46. The van der Waals surface area contributed by atoms with E-state index in [0.717, 1.165) is 4.47 Å². The zero-order valence-electron chi connectivity index (χ0n) is 9.58. The highest BCUT2D eigenvalue weighted by Gasteiger charge is 2.14. The molecule has 0 bridgehead atoms. The molecule has 0 aliphatic heterocycles. The van der Waals surface area contributed by atoms with Crippen molar-refractivity contribution in [2.45, 2.75) is 0 Å². The zero-order chi connectivity index (χ0) is 14.0. The summed E-state index contributed by atoms with van der Waals surface area (Å²) in [5.41, 5.74) is 6.20. The minimum absolute atomic E-state index is 0.0117. The summed E-state index contributed by atoms with van der Waals surface area (Å²) < 4.78 is 15.0. The number of rotatable bonds is 2. The summed E-state index contributed by atoms with van der Waals surface area (Å²) in [6.07, 6.45) is 0. The molecule has 1 amide bonds. The molecular weight excluding hydrogens is 379 g/mol. The molecule has 0 saturated heterocycles. The first-order chi connectivity index (χ1) is 8.99. The number of amides is 1. The van der Waals surface area contributed by atoms with Crippen molar-refractivity contribution in [3.8, 4) is 0 Å². The van der Waals surface area contributed by atoms with Crippen molar-refractivity contribution in [3.63, 3.8) is 0 Å². The van der Waals surface area contributed by atoms with Gasteiger partial charge < -0.3 is 11.1 Å². The molecule has 3 nitrogen and oxygen atoms in total. The van der Waals surface area contributed by atoms with E-state index in [2.05, 4.69) is 37.2 Å². The lowest BCUT2D eigenvalue weighted by molar-refractivity contribution is 0.102. The first kappa shape index (κ1) is 14.0. The van der Waals surface area contributed by atoms with Crippen LogP contribution < -0.4 is 11.1 Å². The Morgan fingerprint density at radius 3 is 2.58 bits per heavy atom. The fourth-order valence-corrected chi connectivity index (χ4v) is 2.75. The van der Waals surface area contributed by atoms with Gasteiger partial charge in [0, 0.05) is 8.95 Å². The minimum atomic E-state index is -0.568. The quantitative estimate of drug-likeness (QED) is 0.759. The van der Waals surface area contributed by atoms with Gasteiger partial charge in [-0.3, -0.25) is 4.79 Å². The number of nitrogens with one attached hydrogen (secondary N) is 1. The Kier molecular flexibility index (Phi) is 4.21. The lowest BCUT2D eigenvalue weighted by Gasteiger charge is -2.10. The van der Waals surface area contributed by atoms with Crippen LogP contribution in [0.5, 0.6) is 0 Å². The molecule has 0 unspecified atom stereocenters. The molecule has 0 aliphatic carbocycles. The van der Waals surface area contributed by atoms with Gasteiger partial charge >= 0.3 is 0 Å². The smallest absolute Gasteiger partial charge is 0.256 e. The van der Waals surface area contributed by atoms with Gasteiger partial charge in [-0.25, -0.2) is 4.39 Å². The molecule has 3 N–H and O–H groups in total. The van der Waals surface area contributed by atoms with Gasteiger partial charge in [-0.05, 0) is 46.3 Å². The second-order valence-electron chi connectivity index (χ2n) is 3.78. The summed E-state index contributed by atoms with van der Waals surface area (Å²) >= 11 is 6.58. The molecule has 98 valence electrons. The Morgan fingerprint density at radius 1 is 1.21 bits per heavy atom. The van der Waals surface area contributed by atoms with Crippen LogP contribution in [0.2, 0.25) is 0 Å². The maximum Gasteiger partial charge on any atom is 0.256 e. The number of nitrogen functional groups attached to an aromatic ring is 1. The van der Waals surface area contributed by atoms with Gasteiger partial charge in [0.2, 0.25) is 0 Å². The average Bonchev–Trinajstić information content (AvgIpc) is 2.33. The van der Waals surface area contributed by atoms with Gasteiger partial charge in [-0.15, -0.1) is 0 Å². The van der Waals surface area contributed by atoms with Crippen molar-refractivity contribution in [1.29, 1.82) is 0 Å². The first-order valence-electron chi connectivity index (χ1n) is 5.29. The van der Waals surface area contributed by atoms with E-state index < -0.39 is 11.7 Å². The molecule has 0 spiro atoms. The van der Waals surface area contributed by atoms with Crippen LogP contribution in [0.25, 0.3) is 0 Å². The van der Waals surface area contributed by atoms with Crippen molar-refractivity contribution in [2.24, 2.45) is 0 Å². The molecule has 0 aliphatic rings. The van der Waals surface area contributed by atoms with Crippen molar-refractivity contribution < 1.29 is 9.18 Å². The Morgan fingerprint density at radius 2 is 1.95 bits per heavy atom. The number of para-hydroxylation sites is 1. The fraction of sp³-hybridized carbons (Fsp3) is 0. The monoisotopic (exact) mass is 386 g/mol. The zero-order valence-corrected chi connectivity index (χ0v) is 12.8. The first-order valence-corrected chi connectivity index (χ1v) is 6.88. The summed E-state index contributed by atoms with van der Waals surface area (Å²) in [6.45, 7) is 0. The topological polar surface area (TPSA) is 55.1 Å². The summed E-state index contributed by atoms with van der Waals surface area (Å²) in [5.74, 6) is -1.00. The number of nitrogens with two attached hydrogens (primary N) is 1. The number of hydrogen-bond donors (Lipinski definition) is 2. The average molecular weight is 388 g/mol. The van der Waals surface area contributed by atoms with E-state index in [0.29, 0.717) is 10.0 Å². The highest BCUT2D eigenvalue weighted by atomic mass is 79.9. The third kappa shape index (κ3) is 3.13. The van der Waals surface area contributed by atoms with Crippen molar-refractivity contribution in [2.75, 3.05) is 11.1 Å². The second-order valence-corrected chi connectivity index (χ2v) is 5.55. The number of hydrogen-bond acceptors (Lipinski definition) is 2. The van der Waals surface area contributed by atoms with E-state index in [9.17, 15) is 9.18 Å². The molecule has 0 saturated carbocycles. The predicted octanol–water partition coefficient (Wildman–Crippen LogP) is 4.19. The lowest BCUT2D eigenvalue weighted by Crippen LogP contribution is -2.15. The largest absolute Gasteiger partial charge is 0.397 e. The van der Waals surface area contributed by atoms with E-state index in [1.54, 1.807) is 18.2 Å². The Hall–Kier alpha value is -1.40. The molecular formula is C13H9Br2FN2O. The standard InChI is InChI=1S/C13H9Br2FN2O/c14-7-4-5-8(9(15)6-7)13(19)18-12-10(16)2-1-3-11(12)17/h1-6H,17H2,(H,18,19). The Bertz CT molecular complexity index is 626. The molecule has 6 heteroatoms. The van der Waals surface area contributed by atoms with E-state index in [1.807, 2.05) is 0 Å². The van der Waals surface area contributed by atoms with Crippen molar-refractivity contribution in [1.82, 2.24) is 0 Å². The predicted molar refractivity (Wildman–Crippen MR) is 80.6 cm³/mol. The van der Waals surface area contributed by atoms with Crippen molar-refractivity contribution >= 4 is 49.1 Å². The van der Waals surface area contributed by atoms with Crippen LogP contribution in [0.1, 0.15) is 10.4 Å². The van der Waals surface area contributed by atoms with Gasteiger partial charge in [0.15, 0.2) is 0 Å². The molecule has 2 aromatic carbocycles. The summed E-state index contributed by atoms with van der Waals surface area (Å²) in [5, 5.41) is 2.47. The molecule has 0 radical (unpaired) electrons. The van der Waals surface area contributed by atoms with Gasteiger partial charge in [-0.1, -0.05) is 22.0 Å². The van der Waals surface area contributed by atoms with Gasteiger partial charge in [-0.2, -0.15) is 0 Å². The van der Waals surface area contributed by atoms with Crippen LogP contribution in [0.3, 0.4) is 0 Å². The second kappa shape index (κ2) is 5.71.